The van der Waals surface area contributed by atoms with Crippen LogP contribution >= 0.6 is 0 Å². The molecule has 1 N–H and O–H groups in total. The summed E-state index contributed by atoms with van der Waals surface area (Å²) in [4.78, 5) is 10.0. The van der Waals surface area contributed by atoms with E-state index < -0.39 is 18.1 Å². The van der Waals surface area contributed by atoms with Gasteiger partial charge >= 0.3 is 7.12 Å². The van der Waals surface area contributed by atoms with Gasteiger partial charge in [0, 0.05) is 17.5 Å². The van der Waals surface area contributed by atoms with E-state index in [0.717, 1.165) is 0 Å². The van der Waals surface area contributed by atoms with Crippen molar-refractivity contribution in [3.63, 3.8) is 0 Å². The van der Waals surface area contributed by atoms with Crippen LogP contribution in [0.5, 0.6) is 5.75 Å². The highest BCUT2D eigenvalue weighted by molar-refractivity contribution is 6.64. The van der Waals surface area contributed by atoms with Crippen molar-refractivity contribution < 1.29 is 19.3 Å². The summed E-state index contributed by atoms with van der Waals surface area (Å²) in [6.07, 6.45) is -0.665. The normalized spacial score (nSPS) is 18.6. The third-order valence-electron chi connectivity index (χ3n) is 2.52. The molecule has 1 unspecified atom stereocenters. The van der Waals surface area contributed by atoms with Gasteiger partial charge in [-0.15, -0.1) is 0 Å². The topological polar surface area (TPSA) is 81.8 Å². The van der Waals surface area contributed by atoms with Gasteiger partial charge < -0.3 is 14.4 Å². The fraction of sp³-hybridized carbons (Fsp3) is 0.333. The molecule has 1 heterocycles. The summed E-state index contributed by atoms with van der Waals surface area (Å²) in [7, 11) is 0.691. The van der Waals surface area contributed by atoms with Gasteiger partial charge in [0.15, 0.2) is 0 Å². The first-order chi connectivity index (χ1) is 7.63. The molecule has 0 saturated heterocycles. The fourth-order valence-corrected chi connectivity index (χ4v) is 1.85. The molecule has 84 valence electrons. The van der Waals surface area contributed by atoms with Crippen molar-refractivity contribution >= 4 is 12.6 Å². The van der Waals surface area contributed by atoms with E-state index in [0.29, 0.717) is 11.0 Å². The van der Waals surface area contributed by atoms with Crippen molar-refractivity contribution in [3.05, 3.63) is 33.9 Å². The Bertz CT molecular complexity index is 424. The zero-order valence-electron chi connectivity index (χ0n) is 8.62. The van der Waals surface area contributed by atoms with Crippen LogP contribution in [0.15, 0.2) is 18.2 Å². The number of phenols is 1. The van der Waals surface area contributed by atoms with E-state index in [1.165, 1.54) is 13.2 Å². The molecule has 0 aliphatic carbocycles. The summed E-state index contributed by atoms with van der Waals surface area (Å²) in [6.45, 7) is -0.337. The van der Waals surface area contributed by atoms with Gasteiger partial charge in [0.25, 0.3) is 0 Å². The zero-order chi connectivity index (χ0) is 11.7. The molecule has 1 aliphatic heterocycles. The molecule has 1 aliphatic rings. The molecule has 0 bridgehead atoms. The average Bonchev–Trinajstić information content (AvgIpc) is 2.57. The smallest absolute Gasteiger partial charge is 0.498 e. The summed E-state index contributed by atoms with van der Waals surface area (Å²) < 4.78 is 10.4. The molecule has 1 aromatic carbocycles. The van der Waals surface area contributed by atoms with Gasteiger partial charge in [-0.05, 0) is 11.6 Å². The molecule has 1 atom stereocenters. The van der Waals surface area contributed by atoms with Crippen LogP contribution in [0.3, 0.4) is 0 Å². The van der Waals surface area contributed by atoms with E-state index in [-0.39, 0.29) is 12.3 Å². The average molecular weight is 223 g/mol. The van der Waals surface area contributed by atoms with Crippen LogP contribution in [-0.2, 0) is 9.31 Å². The molecule has 6 nitrogen and oxygen atoms in total. The highest BCUT2D eigenvalue weighted by atomic mass is 16.6. The van der Waals surface area contributed by atoms with Crippen molar-refractivity contribution in [2.45, 2.75) is 6.10 Å². The largest absolute Gasteiger partial charge is 0.508 e. The zero-order valence-corrected chi connectivity index (χ0v) is 8.62. The van der Waals surface area contributed by atoms with Crippen LogP contribution in [-0.4, -0.2) is 30.8 Å². The summed E-state index contributed by atoms with van der Waals surface area (Å²) in [6, 6.07) is 4.83. The van der Waals surface area contributed by atoms with Crippen molar-refractivity contribution in [1.29, 1.82) is 0 Å². The second-order valence-electron chi connectivity index (χ2n) is 3.49. The number of phenolic OH excluding ortho intramolecular Hbond substituents is 1. The third kappa shape index (κ3) is 1.75. The summed E-state index contributed by atoms with van der Waals surface area (Å²) in [5, 5.41) is 20.1. The maximum atomic E-state index is 10.5. The van der Waals surface area contributed by atoms with E-state index in [2.05, 4.69) is 0 Å². The van der Waals surface area contributed by atoms with Gasteiger partial charge in [-0.1, -0.05) is 12.1 Å². The Labute approximate surface area is 92.1 Å². The molecule has 0 radical (unpaired) electrons. The molecular weight excluding hydrogens is 213 g/mol. The highest BCUT2D eigenvalue weighted by Crippen LogP contribution is 2.28. The van der Waals surface area contributed by atoms with Crippen LogP contribution in [0, 0.1) is 10.1 Å². The number of hydrogen-bond donors (Lipinski definition) is 1. The Hall–Kier alpha value is -1.60. The molecule has 1 aromatic rings. The van der Waals surface area contributed by atoms with Gasteiger partial charge in [0.05, 0.1) is 0 Å². The van der Waals surface area contributed by atoms with Crippen molar-refractivity contribution in [3.8, 4) is 5.75 Å². The number of benzene rings is 1. The summed E-state index contributed by atoms with van der Waals surface area (Å²) in [5.74, 6) is 0.0372. The number of nitro groups is 1. The van der Waals surface area contributed by atoms with E-state index >= 15 is 0 Å². The molecule has 0 saturated carbocycles. The van der Waals surface area contributed by atoms with E-state index in [1.807, 2.05) is 0 Å². The summed E-state index contributed by atoms with van der Waals surface area (Å²) in [5.41, 5.74) is 1.10. The first-order valence-electron chi connectivity index (χ1n) is 4.75. The van der Waals surface area contributed by atoms with Crippen LogP contribution in [0.2, 0.25) is 0 Å². The minimum Gasteiger partial charge on any atom is -0.508 e. The quantitative estimate of drug-likeness (QED) is 0.445. The maximum Gasteiger partial charge on any atom is 0.498 e. The maximum absolute atomic E-state index is 10.5. The lowest BCUT2D eigenvalue weighted by atomic mass is 9.78. The van der Waals surface area contributed by atoms with Gasteiger partial charge in [0.1, 0.15) is 11.9 Å². The molecule has 7 heteroatoms. The lowest BCUT2D eigenvalue weighted by Crippen LogP contribution is -2.31. The number of nitrogens with zero attached hydrogens (tertiary/aromatic N) is 1. The lowest BCUT2D eigenvalue weighted by Gasteiger charge is -2.06. The van der Waals surface area contributed by atoms with Crippen LogP contribution < -0.4 is 5.46 Å². The molecular formula is C9H10BNO5. The first-order valence-corrected chi connectivity index (χ1v) is 4.75. The van der Waals surface area contributed by atoms with Gasteiger partial charge in [-0.25, -0.2) is 0 Å². The Kier molecular flexibility index (Phi) is 2.80. The number of rotatable bonds is 3. The predicted octanol–water partition coefficient (Wildman–Crippen LogP) is 0.0818. The fourth-order valence-electron chi connectivity index (χ4n) is 1.85. The lowest BCUT2D eigenvalue weighted by molar-refractivity contribution is -0.490. The van der Waals surface area contributed by atoms with Crippen LogP contribution in [0.1, 0.15) is 11.7 Å². The standard InChI is InChI=1S/C9H10BNO5/c1-15-10-9-6(3-2-4-7(9)12)8(16-10)5-11(13)14/h2-4,8,12H,5H2,1H3. The van der Waals surface area contributed by atoms with Crippen molar-refractivity contribution in [2.75, 3.05) is 13.7 Å². The summed E-state index contributed by atoms with van der Waals surface area (Å²) >= 11 is 0. The number of fused-ring (bicyclic) bond motifs is 1. The molecule has 2 rings (SSSR count). The molecule has 0 amide bonds. The molecule has 0 aromatic heterocycles. The second-order valence-corrected chi connectivity index (χ2v) is 3.49. The van der Waals surface area contributed by atoms with Gasteiger partial charge in [0.2, 0.25) is 6.54 Å². The Balaban J connectivity index is 2.38. The third-order valence-corrected chi connectivity index (χ3v) is 2.52. The van der Waals surface area contributed by atoms with Crippen LogP contribution in [0.4, 0.5) is 0 Å². The minimum absolute atomic E-state index is 0.0372. The van der Waals surface area contributed by atoms with E-state index in [4.69, 9.17) is 9.31 Å². The Morgan fingerprint density at radius 2 is 2.44 bits per heavy atom. The van der Waals surface area contributed by atoms with Gasteiger partial charge in [-0.2, -0.15) is 0 Å². The number of hydrogen-bond acceptors (Lipinski definition) is 5. The second kappa shape index (κ2) is 4.11. The minimum atomic E-state index is -0.735. The SMILES string of the molecule is COB1OC(C[N+](=O)[O-])c2cccc(O)c21. The van der Waals surface area contributed by atoms with E-state index in [1.54, 1.807) is 12.1 Å². The van der Waals surface area contributed by atoms with Crippen molar-refractivity contribution in [1.82, 2.24) is 0 Å². The molecule has 16 heavy (non-hydrogen) atoms. The van der Waals surface area contributed by atoms with Crippen molar-refractivity contribution in [2.24, 2.45) is 0 Å². The first kappa shape index (κ1) is 10.9. The van der Waals surface area contributed by atoms with Gasteiger partial charge in [-0.3, -0.25) is 10.1 Å². The van der Waals surface area contributed by atoms with Crippen LogP contribution in [0.25, 0.3) is 0 Å². The molecule has 0 fully saturated rings. The Morgan fingerprint density at radius 1 is 1.69 bits per heavy atom. The highest BCUT2D eigenvalue weighted by Gasteiger charge is 2.41. The van der Waals surface area contributed by atoms with E-state index in [9.17, 15) is 15.2 Å². The number of aromatic hydroxyl groups is 1. The monoisotopic (exact) mass is 223 g/mol. The Morgan fingerprint density at radius 3 is 3.06 bits per heavy atom. The molecule has 0 spiro atoms. The predicted molar refractivity (Wildman–Crippen MR) is 56.2 cm³/mol.